The second-order valence-corrected chi connectivity index (χ2v) is 6.36. The monoisotopic (exact) mass is 281 g/mol. The summed E-state index contributed by atoms with van der Waals surface area (Å²) in [6, 6.07) is 1.96. The molecule has 0 saturated carbocycles. The summed E-state index contributed by atoms with van der Waals surface area (Å²) in [5, 5.41) is 11.0. The predicted molar refractivity (Wildman–Crippen MR) is 78.8 cm³/mol. The van der Waals surface area contributed by atoms with E-state index in [0.717, 1.165) is 31.1 Å². The maximum atomic E-state index is 11.1. The van der Waals surface area contributed by atoms with Crippen molar-refractivity contribution in [2.24, 2.45) is 5.92 Å². The predicted octanol–water partition coefficient (Wildman–Crippen LogP) is 3.85. The zero-order chi connectivity index (χ0) is 13.7. The van der Waals surface area contributed by atoms with E-state index in [1.165, 1.54) is 43.4 Å². The fraction of sp³-hybridized carbons (Fsp3) is 0.667. The molecule has 1 atom stereocenters. The molecule has 1 unspecified atom stereocenters. The first-order valence-electron chi connectivity index (χ1n) is 7.22. The van der Waals surface area contributed by atoms with Crippen LogP contribution in [-0.2, 0) is 6.54 Å². The Kier molecular flexibility index (Phi) is 5.40. The van der Waals surface area contributed by atoms with E-state index >= 15 is 0 Å². The molecule has 3 nitrogen and oxygen atoms in total. The lowest BCUT2D eigenvalue weighted by molar-refractivity contribution is 0.0700. The molecule has 1 fully saturated rings. The van der Waals surface area contributed by atoms with Gasteiger partial charge in [-0.05, 0) is 55.3 Å². The number of nitrogens with zero attached hydrogens (tertiary/aromatic N) is 1. The normalized spacial score (nSPS) is 21.2. The zero-order valence-corrected chi connectivity index (χ0v) is 12.4. The van der Waals surface area contributed by atoms with Gasteiger partial charge in [-0.1, -0.05) is 19.8 Å². The molecule has 0 aromatic carbocycles. The molecular formula is C15H23NO2S. The van der Waals surface area contributed by atoms with Crippen LogP contribution in [0, 0.1) is 5.92 Å². The fourth-order valence-corrected chi connectivity index (χ4v) is 3.72. The quantitative estimate of drug-likeness (QED) is 0.891. The Balaban J connectivity index is 1.92. The van der Waals surface area contributed by atoms with Gasteiger partial charge in [0.25, 0.3) is 0 Å². The lowest BCUT2D eigenvalue weighted by atomic mass is 9.96. The van der Waals surface area contributed by atoms with Crippen molar-refractivity contribution in [3.05, 3.63) is 21.9 Å². The molecule has 0 aliphatic carbocycles. The molecular weight excluding hydrogens is 258 g/mol. The van der Waals surface area contributed by atoms with E-state index in [4.69, 9.17) is 5.11 Å². The third-order valence-corrected chi connectivity index (χ3v) is 4.92. The number of aromatic carboxylic acids is 1. The van der Waals surface area contributed by atoms with Crippen molar-refractivity contribution in [3.8, 4) is 0 Å². The van der Waals surface area contributed by atoms with Crippen molar-refractivity contribution < 1.29 is 9.90 Å². The lowest BCUT2D eigenvalue weighted by Gasteiger charge is -2.20. The van der Waals surface area contributed by atoms with E-state index in [1.54, 1.807) is 0 Å². The van der Waals surface area contributed by atoms with Gasteiger partial charge in [0.2, 0.25) is 0 Å². The molecule has 2 rings (SSSR count). The fourth-order valence-electron chi connectivity index (χ4n) is 2.97. The number of likely N-dealkylation sites (tertiary alicyclic amines) is 1. The van der Waals surface area contributed by atoms with Crippen molar-refractivity contribution in [2.45, 2.75) is 45.6 Å². The first kappa shape index (κ1) is 14.5. The van der Waals surface area contributed by atoms with Gasteiger partial charge >= 0.3 is 5.97 Å². The second-order valence-electron chi connectivity index (χ2n) is 5.44. The van der Waals surface area contributed by atoms with Gasteiger partial charge in [0.05, 0.1) is 0 Å². The van der Waals surface area contributed by atoms with Crippen molar-refractivity contribution >= 4 is 17.3 Å². The molecule has 1 aliphatic rings. The van der Waals surface area contributed by atoms with Crippen LogP contribution in [0.3, 0.4) is 0 Å². The molecule has 0 spiro atoms. The molecule has 0 radical (unpaired) electrons. The summed E-state index contributed by atoms with van der Waals surface area (Å²) in [5.41, 5.74) is 0.978. The molecule has 19 heavy (non-hydrogen) atoms. The SMILES string of the molecule is CCCC1CCCN(Cc2ccsc2C(=O)O)CC1. The first-order valence-corrected chi connectivity index (χ1v) is 8.10. The Hall–Kier alpha value is -0.870. The smallest absolute Gasteiger partial charge is 0.346 e. The summed E-state index contributed by atoms with van der Waals surface area (Å²) in [5.74, 6) is 0.0834. The number of carbonyl (C=O) groups is 1. The van der Waals surface area contributed by atoms with E-state index in [9.17, 15) is 4.79 Å². The van der Waals surface area contributed by atoms with E-state index in [-0.39, 0.29) is 0 Å². The average Bonchev–Trinajstić information content (AvgIpc) is 2.72. The molecule has 1 aromatic heterocycles. The molecule has 4 heteroatoms. The van der Waals surface area contributed by atoms with E-state index < -0.39 is 5.97 Å². The third kappa shape index (κ3) is 4.05. The maximum Gasteiger partial charge on any atom is 0.346 e. The molecule has 1 N–H and O–H groups in total. The highest BCUT2D eigenvalue weighted by Crippen LogP contribution is 2.24. The molecule has 1 aromatic rings. The molecule has 106 valence electrons. The topological polar surface area (TPSA) is 40.5 Å². The van der Waals surface area contributed by atoms with Gasteiger partial charge in [-0.25, -0.2) is 4.79 Å². The van der Waals surface area contributed by atoms with Gasteiger partial charge in [-0.2, -0.15) is 0 Å². The van der Waals surface area contributed by atoms with Crippen molar-refractivity contribution in [3.63, 3.8) is 0 Å². The number of hydrogen-bond donors (Lipinski definition) is 1. The second kappa shape index (κ2) is 7.06. The summed E-state index contributed by atoms with van der Waals surface area (Å²) >= 11 is 1.33. The van der Waals surface area contributed by atoms with Crippen LogP contribution < -0.4 is 0 Å². The Morgan fingerprint density at radius 3 is 3.05 bits per heavy atom. The van der Waals surface area contributed by atoms with Gasteiger partial charge < -0.3 is 5.11 Å². The van der Waals surface area contributed by atoms with Gasteiger partial charge in [-0.3, -0.25) is 4.90 Å². The lowest BCUT2D eigenvalue weighted by Crippen LogP contribution is -2.24. The van der Waals surface area contributed by atoms with Crippen LogP contribution in [0.2, 0.25) is 0 Å². The highest BCUT2D eigenvalue weighted by atomic mass is 32.1. The van der Waals surface area contributed by atoms with Crippen LogP contribution >= 0.6 is 11.3 Å². The van der Waals surface area contributed by atoms with Crippen LogP contribution in [0.25, 0.3) is 0 Å². The molecule has 2 heterocycles. The van der Waals surface area contributed by atoms with Gasteiger partial charge in [-0.15, -0.1) is 11.3 Å². The molecule has 1 saturated heterocycles. The molecule has 0 bridgehead atoms. The summed E-state index contributed by atoms with van der Waals surface area (Å²) < 4.78 is 0. The van der Waals surface area contributed by atoms with Crippen LogP contribution in [0.1, 0.15) is 54.3 Å². The van der Waals surface area contributed by atoms with E-state index in [0.29, 0.717) is 4.88 Å². The highest BCUT2D eigenvalue weighted by Gasteiger charge is 2.19. The van der Waals surface area contributed by atoms with Gasteiger partial charge in [0.1, 0.15) is 4.88 Å². The number of rotatable bonds is 5. The summed E-state index contributed by atoms with van der Waals surface area (Å²) in [6.45, 7) is 5.27. The third-order valence-electron chi connectivity index (χ3n) is 3.97. The van der Waals surface area contributed by atoms with Gasteiger partial charge in [0, 0.05) is 6.54 Å². The number of hydrogen-bond acceptors (Lipinski definition) is 3. The largest absolute Gasteiger partial charge is 0.477 e. The van der Waals surface area contributed by atoms with Crippen molar-refractivity contribution in [1.82, 2.24) is 4.90 Å². The minimum absolute atomic E-state index is 0.509. The zero-order valence-electron chi connectivity index (χ0n) is 11.6. The number of thiophene rings is 1. The Morgan fingerprint density at radius 2 is 2.32 bits per heavy atom. The number of carboxylic acids is 1. The van der Waals surface area contributed by atoms with E-state index in [1.807, 2.05) is 11.4 Å². The Labute approximate surface area is 119 Å². The average molecular weight is 281 g/mol. The van der Waals surface area contributed by atoms with Crippen LogP contribution in [0.5, 0.6) is 0 Å². The first-order chi connectivity index (χ1) is 9.20. The highest BCUT2D eigenvalue weighted by molar-refractivity contribution is 7.12. The minimum atomic E-state index is -0.788. The maximum absolute atomic E-state index is 11.1. The summed E-state index contributed by atoms with van der Waals surface area (Å²) in [4.78, 5) is 14.1. The van der Waals surface area contributed by atoms with E-state index in [2.05, 4.69) is 11.8 Å². The van der Waals surface area contributed by atoms with Crippen LogP contribution in [0.4, 0.5) is 0 Å². The summed E-state index contributed by atoms with van der Waals surface area (Å²) in [6.07, 6.45) is 6.46. The standard InChI is InChI=1S/C15H23NO2S/c1-2-4-12-5-3-8-16(9-6-12)11-13-7-10-19-14(13)15(17)18/h7,10,12H,2-6,8-9,11H2,1H3,(H,17,18). The Bertz CT molecular complexity index is 416. The van der Waals surface area contributed by atoms with Crippen molar-refractivity contribution in [1.29, 1.82) is 0 Å². The van der Waals surface area contributed by atoms with Crippen LogP contribution in [0.15, 0.2) is 11.4 Å². The van der Waals surface area contributed by atoms with Crippen LogP contribution in [-0.4, -0.2) is 29.1 Å². The minimum Gasteiger partial charge on any atom is -0.477 e. The molecule has 0 amide bonds. The molecule has 1 aliphatic heterocycles. The Morgan fingerprint density at radius 1 is 1.47 bits per heavy atom. The van der Waals surface area contributed by atoms with Crippen molar-refractivity contribution in [2.75, 3.05) is 13.1 Å². The van der Waals surface area contributed by atoms with Gasteiger partial charge in [0.15, 0.2) is 0 Å². The number of carboxylic acid groups (broad SMARTS) is 1. The summed E-state index contributed by atoms with van der Waals surface area (Å²) in [7, 11) is 0.